The van der Waals surface area contributed by atoms with Crippen LogP contribution < -0.4 is 10.2 Å². The second-order valence-electron chi connectivity index (χ2n) is 11.5. The van der Waals surface area contributed by atoms with E-state index < -0.39 is 14.2 Å². The summed E-state index contributed by atoms with van der Waals surface area (Å²) < 4.78 is 6.67. The first-order valence-corrected chi connectivity index (χ1v) is 15.5. The molecule has 1 amide bonds. The Balaban J connectivity index is 2.02. The van der Waals surface area contributed by atoms with Crippen molar-refractivity contribution >= 4 is 14.2 Å². The topological polar surface area (TPSA) is 58.8 Å². The molecule has 0 radical (unpaired) electrons. The van der Waals surface area contributed by atoms with E-state index in [9.17, 15) is 4.79 Å². The van der Waals surface area contributed by atoms with Gasteiger partial charge in [-0.3, -0.25) is 14.6 Å². The molecule has 0 aliphatic carbocycles. The Labute approximate surface area is 213 Å². The minimum atomic E-state index is -1.97. The van der Waals surface area contributed by atoms with Crippen LogP contribution in [0.5, 0.6) is 5.75 Å². The average Bonchev–Trinajstić information content (AvgIpc) is 2.77. The lowest BCUT2D eigenvalue weighted by Gasteiger charge is -2.47. The molecule has 6 heteroatoms. The van der Waals surface area contributed by atoms with Crippen molar-refractivity contribution in [2.75, 3.05) is 19.6 Å². The van der Waals surface area contributed by atoms with E-state index in [-0.39, 0.29) is 11.1 Å². The van der Waals surface area contributed by atoms with Crippen molar-refractivity contribution in [2.24, 2.45) is 5.73 Å². The van der Waals surface area contributed by atoms with Gasteiger partial charge in [-0.15, -0.1) is 6.58 Å². The van der Waals surface area contributed by atoms with Gasteiger partial charge in [0.05, 0.1) is 6.04 Å². The molecule has 0 aromatic heterocycles. The number of carbonyl (C=O) groups is 1. The summed E-state index contributed by atoms with van der Waals surface area (Å²) >= 11 is 0. The van der Waals surface area contributed by atoms with Gasteiger partial charge in [-0.1, -0.05) is 51.1 Å². The normalized spacial score (nSPS) is 20.9. The smallest absolute Gasteiger partial charge is 0.250 e. The minimum Gasteiger partial charge on any atom is -0.543 e. The zero-order valence-corrected chi connectivity index (χ0v) is 23.5. The first kappa shape index (κ1) is 27.2. The van der Waals surface area contributed by atoms with Crippen LogP contribution in [-0.4, -0.2) is 55.7 Å². The summed E-state index contributed by atoms with van der Waals surface area (Å²) in [4.78, 5) is 16.8. The largest absolute Gasteiger partial charge is 0.543 e. The monoisotopic (exact) mass is 493 g/mol. The average molecular weight is 494 g/mol. The Bertz CT molecular complexity index is 1030. The molecule has 1 fully saturated rings. The molecule has 5 nitrogen and oxygen atoms in total. The van der Waals surface area contributed by atoms with Crippen LogP contribution in [0.3, 0.4) is 0 Å². The van der Waals surface area contributed by atoms with E-state index >= 15 is 0 Å². The predicted octanol–water partition coefficient (Wildman–Crippen LogP) is 5.84. The predicted molar refractivity (Wildman–Crippen MR) is 148 cm³/mol. The molecule has 35 heavy (non-hydrogen) atoms. The molecule has 1 aliphatic heterocycles. The Morgan fingerprint density at radius 2 is 1.77 bits per heavy atom. The highest BCUT2D eigenvalue weighted by Gasteiger charge is 2.39. The molecule has 1 saturated heterocycles. The molecular weight excluding hydrogens is 450 g/mol. The molecular formula is C29H43N3O2Si. The first-order valence-electron chi connectivity index (χ1n) is 12.6. The molecule has 1 aliphatic rings. The van der Waals surface area contributed by atoms with Crippen LogP contribution in [0, 0.1) is 0 Å². The molecule has 1 heterocycles. The molecule has 2 aromatic rings. The third kappa shape index (κ3) is 6.24. The summed E-state index contributed by atoms with van der Waals surface area (Å²) in [6.45, 7) is 22.7. The van der Waals surface area contributed by atoms with Gasteiger partial charge in [-0.2, -0.15) is 0 Å². The minimum absolute atomic E-state index is 0.0447. The standard InChI is InChI=1S/C29H43N3O2Si/c1-9-17-31-19-22(3)32(20-21(31)2)27(23-13-15-24(16-14-23)28(30)33)25-11-10-12-26(18-25)34-35(7,8)29(4,5)6/h9-16,18,21-22,27H,1,17,19-20H2,2-8H3,(H2,30,33). The zero-order valence-electron chi connectivity index (χ0n) is 22.5. The van der Waals surface area contributed by atoms with Gasteiger partial charge in [0, 0.05) is 37.3 Å². The van der Waals surface area contributed by atoms with Gasteiger partial charge in [0.2, 0.25) is 14.2 Å². The van der Waals surface area contributed by atoms with Gasteiger partial charge in [0.1, 0.15) is 5.75 Å². The maximum atomic E-state index is 11.7. The van der Waals surface area contributed by atoms with E-state index in [0.29, 0.717) is 17.6 Å². The van der Waals surface area contributed by atoms with Crippen LogP contribution in [0.1, 0.15) is 62.1 Å². The third-order valence-electron chi connectivity index (χ3n) is 7.72. The Morgan fingerprint density at radius 1 is 1.11 bits per heavy atom. The fourth-order valence-corrected chi connectivity index (χ4v) is 5.63. The van der Waals surface area contributed by atoms with Gasteiger partial charge >= 0.3 is 0 Å². The van der Waals surface area contributed by atoms with E-state index in [4.69, 9.17) is 10.2 Å². The van der Waals surface area contributed by atoms with E-state index in [1.54, 1.807) is 0 Å². The van der Waals surface area contributed by atoms with E-state index in [1.165, 1.54) is 5.56 Å². The van der Waals surface area contributed by atoms with Gasteiger partial charge in [0.15, 0.2) is 0 Å². The van der Waals surface area contributed by atoms with Crippen LogP contribution in [0.25, 0.3) is 0 Å². The van der Waals surface area contributed by atoms with Crippen molar-refractivity contribution in [1.29, 1.82) is 0 Å². The molecule has 190 valence electrons. The summed E-state index contributed by atoms with van der Waals surface area (Å²) in [7, 11) is -1.97. The Kier molecular flexibility index (Phi) is 8.30. The summed E-state index contributed by atoms with van der Waals surface area (Å²) in [6, 6.07) is 17.1. The number of rotatable bonds is 8. The van der Waals surface area contributed by atoms with Crippen molar-refractivity contribution in [3.05, 3.63) is 77.9 Å². The lowest BCUT2D eigenvalue weighted by Crippen LogP contribution is -2.57. The number of amides is 1. The quantitative estimate of drug-likeness (QED) is 0.371. The lowest BCUT2D eigenvalue weighted by atomic mass is 9.92. The number of primary amides is 1. The Morgan fingerprint density at radius 3 is 2.34 bits per heavy atom. The molecule has 2 N–H and O–H groups in total. The summed E-state index contributed by atoms with van der Waals surface area (Å²) in [5.74, 6) is 0.525. The number of hydrogen-bond donors (Lipinski definition) is 1. The summed E-state index contributed by atoms with van der Waals surface area (Å²) in [6.07, 6.45) is 1.99. The molecule has 3 atom stereocenters. The van der Waals surface area contributed by atoms with Gasteiger partial charge in [0.25, 0.3) is 0 Å². The first-order chi connectivity index (χ1) is 16.3. The SMILES string of the molecule is C=CCN1CC(C)N(C(c2ccc(C(N)=O)cc2)c2cccc(O[Si](C)(C)C(C)(C)C)c2)CC1C. The van der Waals surface area contributed by atoms with Crippen molar-refractivity contribution in [2.45, 2.75) is 70.9 Å². The molecule has 2 aromatic carbocycles. The highest BCUT2D eigenvalue weighted by Crippen LogP contribution is 2.39. The maximum Gasteiger partial charge on any atom is 0.250 e. The third-order valence-corrected chi connectivity index (χ3v) is 12.1. The molecule has 0 spiro atoms. The number of carbonyl (C=O) groups excluding carboxylic acids is 1. The number of nitrogens with zero attached hydrogens (tertiary/aromatic N) is 2. The van der Waals surface area contributed by atoms with Crippen LogP contribution in [-0.2, 0) is 0 Å². The van der Waals surface area contributed by atoms with E-state index in [2.05, 4.69) is 88.4 Å². The van der Waals surface area contributed by atoms with E-state index in [0.717, 1.165) is 30.9 Å². The molecule has 0 saturated carbocycles. The second-order valence-corrected chi connectivity index (χ2v) is 16.2. The summed E-state index contributed by atoms with van der Waals surface area (Å²) in [5.41, 5.74) is 8.39. The summed E-state index contributed by atoms with van der Waals surface area (Å²) in [5, 5.41) is 0.123. The highest BCUT2D eigenvalue weighted by molar-refractivity contribution is 6.74. The highest BCUT2D eigenvalue weighted by atomic mass is 28.4. The van der Waals surface area contributed by atoms with Gasteiger partial charge in [-0.25, -0.2) is 0 Å². The molecule has 3 rings (SSSR count). The number of nitrogens with two attached hydrogens (primary N) is 1. The fourth-order valence-electron chi connectivity index (χ4n) is 4.61. The van der Waals surface area contributed by atoms with Gasteiger partial charge in [-0.05, 0) is 67.4 Å². The maximum absolute atomic E-state index is 11.7. The van der Waals surface area contributed by atoms with Crippen molar-refractivity contribution in [3.63, 3.8) is 0 Å². The fraction of sp³-hybridized carbons (Fsp3) is 0.483. The van der Waals surface area contributed by atoms with Crippen LogP contribution in [0.4, 0.5) is 0 Å². The van der Waals surface area contributed by atoms with Crippen LogP contribution in [0.2, 0.25) is 18.1 Å². The number of hydrogen-bond acceptors (Lipinski definition) is 4. The van der Waals surface area contributed by atoms with Crippen LogP contribution in [0.15, 0.2) is 61.2 Å². The van der Waals surface area contributed by atoms with Crippen LogP contribution >= 0.6 is 0 Å². The second kappa shape index (κ2) is 10.7. The van der Waals surface area contributed by atoms with Crippen molar-refractivity contribution in [3.8, 4) is 5.75 Å². The van der Waals surface area contributed by atoms with Crippen molar-refractivity contribution in [1.82, 2.24) is 9.80 Å². The van der Waals surface area contributed by atoms with Gasteiger partial charge < -0.3 is 10.2 Å². The lowest BCUT2D eigenvalue weighted by molar-refractivity contribution is 0.0306. The van der Waals surface area contributed by atoms with E-state index in [1.807, 2.05) is 30.3 Å². The zero-order chi connectivity index (χ0) is 26.0. The number of benzene rings is 2. The molecule has 3 unspecified atom stereocenters. The van der Waals surface area contributed by atoms with Crippen molar-refractivity contribution < 1.29 is 9.22 Å². The number of piperazine rings is 1. The Hall–Kier alpha value is -2.41. The molecule has 0 bridgehead atoms.